The second-order valence-electron chi connectivity index (χ2n) is 9.74. The third kappa shape index (κ3) is 5.93. The molecule has 0 fully saturated rings. The van der Waals surface area contributed by atoms with E-state index in [-0.39, 0.29) is 18.9 Å². The van der Waals surface area contributed by atoms with Crippen molar-refractivity contribution in [2.24, 2.45) is 0 Å². The molecule has 0 radical (unpaired) electrons. The number of fused-ring (bicyclic) bond motifs is 5. The predicted molar refractivity (Wildman–Crippen MR) is 129 cm³/mol. The van der Waals surface area contributed by atoms with Crippen LogP contribution >= 0.6 is 0 Å². The molecule has 1 aromatic carbocycles. The molecule has 15 heteroatoms. The van der Waals surface area contributed by atoms with Crippen LogP contribution in [0.2, 0.25) is 0 Å². The van der Waals surface area contributed by atoms with Gasteiger partial charge in [-0.25, -0.2) is 4.98 Å². The minimum atomic E-state index is -5.11. The number of aromatic nitrogens is 3. The van der Waals surface area contributed by atoms with Crippen molar-refractivity contribution in [3.63, 3.8) is 0 Å². The van der Waals surface area contributed by atoms with Gasteiger partial charge in [-0.1, -0.05) is 42.5 Å². The van der Waals surface area contributed by atoms with Gasteiger partial charge in [0.15, 0.2) is 0 Å². The van der Waals surface area contributed by atoms with Crippen LogP contribution in [0.4, 0.5) is 37.8 Å². The Morgan fingerprint density at radius 1 is 1.10 bits per heavy atom. The second kappa shape index (κ2) is 10.5. The summed E-state index contributed by atoms with van der Waals surface area (Å²) in [5.41, 5.74) is -7.27. The van der Waals surface area contributed by atoms with Crippen molar-refractivity contribution in [2.45, 2.75) is 63.2 Å². The summed E-state index contributed by atoms with van der Waals surface area (Å²) in [5.74, 6) is -2.74. The number of benzene rings is 1. The van der Waals surface area contributed by atoms with E-state index in [1.807, 2.05) is 0 Å². The molecule has 1 atom stereocenters. The van der Waals surface area contributed by atoms with E-state index in [4.69, 9.17) is 9.15 Å². The predicted octanol–water partition coefficient (Wildman–Crippen LogP) is 6.96. The first-order chi connectivity index (χ1) is 18.6. The molecule has 0 spiro atoms. The zero-order valence-electron chi connectivity index (χ0n) is 21.1. The van der Waals surface area contributed by atoms with Crippen LogP contribution < -0.4 is 5.32 Å². The summed E-state index contributed by atoms with van der Waals surface area (Å²) in [6.07, 6.45) is -7.94. The summed E-state index contributed by atoms with van der Waals surface area (Å²) in [6.45, 7) is 2.61. The standard InChI is InChI=1S/C25H23F6N5O4/c1-22(2)11-7-4-8-12-23(25(29,30)31,39-14-15-9-5-3-6-10-15)21-35-34-20(40-21)18-17(36(37)38)13-16(24(26,27)28)19(32-18)33-22/h3-6,8-10,13H,7,11-12,14H2,1-2H3,(H,32,33)/t23-/m1/s1. The Bertz CT molecular complexity index is 1400. The highest BCUT2D eigenvalue weighted by Crippen LogP contribution is 2.47. The minimum absolute atomic E-state index is 0.170. The van der Waals surface area contributed by atoms with E-state index >= 15 is 0 Å². The molecule has 9 nitrogen and oxygen atoms in total. The van der Waals surface area contributed by atoms with Crippen molar-refractivity contribution in [1.29, 1.82) is 0 Å². The highest BCUT2D eigenvalue weighted by atomic mass is 19.4. The van der Waals surface area contributed by atoms with Crippen LogP contribution in [0.15, 0.2) is 53.0 Å². The van der Waals surface area contributed by atoms with Crippen LogP contribution in [0.25, 0.3) is 11.6 Å². The Kier molecular flexibility index (Phi) is 7.62. The number of nitrogens with zero attached hydrogens (tertiary/aromatic N) is 4. The first-order valence-electron chi connectivity index (χ1n) is 11.9. The lowest BCUT2D eigenvalue weighted by molar-refractivity contribution is -0.384. The van der Waals surface area contributed by atoms with Gasteiger partial charge in [-0.05, 0) is 32.3 Å². The van der Waals surface area contributed by atoms with Crippen molar-refractivity contribution in [1.82, 2.24) is 15.2 Å². The summed E-state index contributed by atoms with van der Waals surface area (Å²) in [7, 11) is 0. The Morgan fingerprint density at radius 2 is 1.80 bits per heavy atom. The number of hydrogen-bond acceptors (Lipinski definition) is 8. The maximum Gasteiger partial charge on any atom is 0.426 e. The molecule has 4 bridgehead atoms. The molecule has 0 amide bonds. The molecule has 1 aliphatic rings. The fraction of sp³-hybridized carbons (Fsp3) is 0.400. The maximum absolute atomic E-state index is 14.7. The molecule has 3 heterocycles. The van der Waals surface area contributed by atoms with E-state index in [1.54, 1.807) is 44.2 Å². The van der Waals surface area contributed by atoms with Crippen molar-refractivity contribution in [2.75, 3.05) is 5.32 Å². The number of allylic oxidation sites excluding steroid dienone is 1. The van der Waals surface area contributed by atoms with Gasteiger partial charge < -0.3 is 14.5 Å². The van der Waals surface area contributed by atoms with E-state index in [2.05, 4.69) is 20.5 Å². The molecule has 214 valence electrons. The third-order valence-corrected chi connectivity index (χ3v) is 6.23. The van der Waals surface area contributed by atoms with E-state index in [9.17, 15) is 36.5 Å². The normalized spacial score (nSPS) is 19.5. The molecule has 2 aromatic heterocycles. The van der Waals surface area contributed by atoms with E-state index in [0.29, 0.717) is 5.56 Å². The number of anilines is 1. The first-order valence-corrected chi connectivity index (χ1v) is 11.9. The number of nitrogens with one attached hydrogen (secondary N) is 1. The van der Waals surface area contributed by atoms with Gasteiger partial charge in [0.1, 0.15) is 11.4 Å². The summed E-state index contributed by atoms with van der Waals surface area (Å²) in [4.78, 5) is 14.4. The third-order valence-electron chi connectivity index (χ3n) is 6.23. The Morgan fingerprint density at radius 3 is 2.42 bits per heavy atom. The van der Waals surface area contributed by atoms with Gasteiger partial charge in [-0.3, -0.25) is 10.1 Å². The molecule has 3 aromatic rings. The average molecular weight is 571 g/mol. The fourth-order valence-corrected chi connectivity index (χ4v) is 4.09. The quantitative estimate of drug-likeness (QED) is 0.155. The maximum atomic E-state index is 14.7. The summed E-state index contributed by atoms with van der Waals surface area (Å²) >= 11 is 0. The van der Waals surface area contributed by atoms with Gasteiger partial charge in [0.25, 0.3) is 11.8 Å². The monoisotopic (exact) mass is 571 g/mol. The zero-order chi connectivity index (χ0) is 29.3. The van der Waals surface area contributed by atoms with Gasteiger partial charge >= 0.3 is 18.0 Å². The molecule has 0 saturated carbocycles. The van der Waals surface area contributed by atoms with Crippen molar-refractivity contribution in [3.8, 4) is 11.6 Å². The molecule has 1 N–H and O–H groups in total. The van der Waals surface area contributed by atoms with Crippen LogP contribution in [-0.2, 0) is 23.1 Å². The van der Waals surface area contributed by atoms with Gasteiger partial charge in [0.2, 0.25) is 11.3 Å². The lowest BCUT2D eigenvalue weighted by Gasteiger charge is -2.32. The average Bonchev–Trinajstić information content (AvgIpc) is 3.34. The highest BCUT2D eigenvalue weighted by Gasteiger charge is 2.61. The van der Waals surface area contributed by atoms with E-state index < -0.39 is 76.0 Å². The fourth-order valence-electron chi connectivity index (χ4n) is 4.09. The minimum Gasteiger partial charge on any atom is -0.415 e. The van der Waals surface area contributed by atoms with Crippen molar-refractivity contribution < 1.29 is 40.4 Å². The van der Waals surface area contributed by atoms with Crippen LogP contribution in [0, 0.1) is 10.1 Å². The van der Waals surface area contributed by atoms with Gasteiger partial charge in [0.05, 0.1) is 11.5 Å². The van der Waals surface area contributed by atoms with Gasteiger partial charge in [0, 0.05) is 18.0 Å². The largest absolute Gasteiger partial charge is 0.426 e. The van der Waals surface area contributed by atoms with Gasteiger partial charge in [-0.15, -0.1) is 10.2 Å². The molecular weight excluding hydrogens is 548 g/mol. The number of nitro groups is 1. The second-order valence-corrected chi connectivity index (χ2v) is 9.74. The number of alkyl halides is 6. The first kappa shape index (κ1) is 29.0. The number of hydrogen-bond donors (Lipinski definition) is 1. The van der Waals surface area contributed by atoms with Crippen LogP contribution in [0.5, 0.6) is 0 Å². The molecule has 1 aliphatic heterocycles. The number of ether oxygens (including phenoxy) is 1. The SMILES string of the molecule is CC1(C)CCC=CC[C@](OCc2ccccc2)(C(F)(F)F)c2nnc(o2)-c2nc(c(C(F)(F)F)cc2[N+](=O)[O-])N1. The molecule has 0 unspecified atom stereocenters. The summed E-state index contributed by atoms with van der Waals surface area (Å²) in [5, 5.41) is 21.4. The molecule has 0 saturated heterocycles. The summed E-state index contributed by atoms with van der Waals surface area (Å²) < 4.78 is 96.5. The lowest BCUT2D eigenvalue weighted by atomic mass is 9.95. The molecule has 4 rings (SSSR count). The molecule has 0 aliphatic carbocycles. The Labute approximate surface area is 223 Å². The molecule has 40 heavy (non-hydrogen) atoms. The topological polar surface area (TPSA) is 116 Å². The lowest BCUT2D eigenvalue weighted by Crippen LogP contribution is -2.45. The highest BCUT2D eigenvalue weighted by molar-refractivity contribution is 5.68. The number of pyridine rings is 1. The van der Waals surface area contributed by atoms with Crippen molar-refractivity contribution >= 4 is 11.5 Å². The summed E-state index contributed by atoms with van der Waals surface area (Å²) in [6, 6.07) is 8.23. The number of rotatable bonds is 4. The molecular formula is C25H23F6N5O4. The van der Waals surface area contributed by atoms with Crippen LogP contribution in [-0.4, -0.2) is 31.8 Å². The number of halogens is 6. The zero-order valence-corrected chi connectivity index (χ0v) is 21.1. The van der Waals surface area contributed by atoms with Gasteiger partial charge in [-0.2, -0.15) is 26.3 Å². The van der Waals surface area contributed by atoms with E-state index in [1.165, 1.54) is 12.2 Å². The Balaban J connectivity index is 1.94. The Hall–Kier alpha value is -4.01. The smallest absolute Gasteiger partial charge is 0.415 e. The van der Waals surface area contributed by atoms with Crippen LogP contribution in [0.1, 0.15) is 50.1 Å². The van der Waals surface area contributed by atoms with E-state index in [0.717, 1.165) is 0 Å². The van der Waals surface area contributed by atoms with Crippen LogP contribution in [0.3, 0.4) is 0 Å². The van der Waals surface area contributed by atoms with Crippen molar-refractivity contribution in [3.05, 3.63) is 75.7 Å².